The van der Waals surface area contributed by atoms with Crippen LogP contribution in [0.15, 0.2) is 4.79 Å². The molecule has 96 valence electrons. The van der Waals surface area contributed by atoms with Crippen molar-refractivity contribution in [3.05, 3.63) is 25.6 Å². The van der Waals surface area contributed by atoms with Crippen LogP contribution in [-0.4, -0.2) is 9.55 Å². The van der Waals surface area contributed by atoms with E-state index in [1.54, 1.807) is 15.9 Å². The van der Waals surface area contributed by atoms with Crippen LogP contribution in [0.1, 0.15) is 30.7 Å². The van der Waals surface area contributed by atoms with Gasteiger partial charge in [0.2, 0.25) is 0 Å². The first kappa shape index (κ1) is 12.1. The van der Waals surface area contributed by atoms with Gasteiger partial charge in [-0.2, -0.15) is 0 Å². The molecule has 3 rings (SSSR count). The fourth-order valence-electron chi connectivity index (χ4n) is 2.74. The Morgan fingerprint density at radius 1 is 1.56 bits per heavy atom. The van der Waals surface area contributed by atoms with Crippen molar-refractivity contribution in [1.82, 2.24) is 9.55 Å². The Kier molecular flexibility index (Phi) is 2.90. The standard InChI is InChI=1S/C13H16N2OS2/c1-3-15-12(16)10-8-5-4-7(2)6-9(8)18-11(10)14-13(15)17/h7H,3-6H2,1-2H3,(H,14,17)/t7-/m1/s1. The summed E-state index contributed by atoms with van der Waals surface area (Å²) in [6.07, 6.45) is 3.31. The van der Waals surface area contributed by atoms with Crippen molar-refractivity contribution in [3.63, 3.8) is 0 Å². The zero-order valence-electron chi connectivity index (χ0n) is 10.6. The number of rotatable bonds is 1. The van der Waals surface area contributed by atoms with Crippen LogP contribution in [0.3, 0.4) is 0 Å². The molecule has 5 heteroatoms. The minimum absolute atomic E-state index is 0.0864. The largest absolute Gasteiger partial charge is 0.323 e. The lowest BCUT2D eigenvalue weighted by molar-refractivity contribution is 0.509. The number of aromatic amines is 1. The van der Waals surface area contributed by atoms with E-state index >= 15 is 0 Å². The van der Waals surface area contributed by atoms with E-state index in [9.17, 15) is 4.79 Å². The van der Waals surface area contributed by atoms with Crippen LogP contribution >= 0.6 is 23.6 Å². The molecular weight excluding hydrogens is 264 g/mol. The molecule has 2 aromatic rings. The lowest BCUT2D eigenvalue weighted by atomic mass is 9.89. The fourth-order valence-corrected chi connectivity index (χ4v) is 4.52. The molecule has 0 fully saturated rings. The van der Waals surface area contributed by atoms with E-state index in [-0.39, 0.29) is 5.56 Å². The monoisotopic (exact) mass is 280 g/mol. The van der Waals surface area contributed by atoms with E-state index in [0.717, 1.165) is 29.0 Å². The normalized spacial score (nSPS) is 19.1. The maximum atomic E-state index is 12.5. The molecule has 18 heavy (non-hydrogen) atoms. The molecule has 0 saturated heterocycles. The maximum Gasteiger partial charge on any atom is 0.263 e. The molecule has 0 bridgehead atoms. The molecule has 0 aromatic carbocycles. The summed E-state index contributed by atoms with van der Waals surface area (Å²) < 4.78 is 2.20. The molecular formula is C13H16N2OS2. The first-order chi connectivity index (χ1) is 8.61. The van der Waals surface area contributed by atoms with E-state index in [1.165, 1.54) is 16.9 Å². The molecule has 1 aliphatic rings. The number of aromatic nitrogens is 2. The second kappa shape index (κ2) is 4.31. The molecule has 0 saturated carbocycles. The molecule has 3 nitrogen and oxygen atoms in total. The van der Waals surface area contributed by atoms with Crippen molar-refractivity contribution in [3.8, 4) is 0 Å². The molecule has 0 aliphatic heterocycles. The maximum absolute atomic E-state index is 12.5. The Bertz CT molecular complexity index is 723. The van der Waals surface area contributed by atoms with Crippen LogP contribution in [0, 0.1) is 10.7 Å². The predicted molar refractivity (Wildman–Crippen MR) is 78.1 cm³/mol. The summed E-state index contributed by atoms with van der Waals surface area (Å²) in [5.41, 5.74) is 1.36. The third-order valence-corrected chi connectivity index (χ3v) is 5.24. The lowest BCUT2D eigenvalue weighted by Gasteiger charge is -2.17. The summed E-state index contributed by atoms with van der Waals surface area (Å²) in [4.78, 5) is 18.0. The molecule has 2 heterocycles. The van der Waals surface area contributed by atoms with Crippen LogP contribution in [0.2, 0.25) is 0 Å². The first-order valence-corrected chi connectivity index (χ1v) is 7.61. The minimum Gasteiger partial charge on any atom is -0.323 e. The summed E-state index contributed by atoms with van der Waals surface area (Å²) >= 11 is 6.96. The summed E-state index contributed by atoms with van der Waals surface area (Å²) in [5, 5.41) is 0.886. The first-order valence-electron chi connectivity index (χ1n) is 6.39. The van der Waals surface area contributed by atoms with E-state index in [0.29, 0.717) is 11.3 Å². The molecule has 0 unspecified atom stereocenters. The van der Waals surface area contributed by atoms with Gasteiger partial charge in [-0.3, -0.25) is 9.36 Å². The second-order valence-electron chi connectivity index (χ2n) is 5.04. The molecule has 1 atom stereocenters. The third kappa shape index (κ3) is 1.68. The molecule has 0 amide bonds. The van der Waals surface area contributed by atoms with Crippen LogP contribution in [0.4, 0.5) is 0 Å². The van der Waals surface area contributed by atoms with E-state index in [4.69, 9.17) is 12.2 Å². The van der Waals surface area contributed by atoms with Gasteiger partial charge in [0.05, 0.1) is 5.39 Å². The summed E-state index contributed by atoms with van der Waals surface area (Å²) in [6, 6.07) is 0. The van der Waals surface area contributed by atoms with Gasteiger partial charge in [0, 0.05) is 11.4 Å². The van der Waals surface area contributed by atoms with Gasteiger partial charge in [-0.25, -0.2) is 0 Å². The average Bonchev–Trinajstić information content (AvgIpc) is 2.66. The van der Waals surface area contributed by atoms with Gasteiger partial charge in [-0.1, -0.05) is 6.92 Å². The number of aryl methyl sites for hydroxylation is 1. The highest BCUT2D eigenvalue weighted by Gasteiger charge is 2.22. The van der Waals surface area contributed by atoms with Crippen molar-refractivity contribution in [2.24, 2.45) is 5.92 Å². The summed E-state index contributed by atoms with van der Waals surface area (Å²) in [7, 11) is 0. The van der Waals surface area contributed by atoms with Crippen molar-refractivity contribution in [2.45, 2.75) is 39.7 Å². The van der Waals surface area contributed by atoms with Gasteiger partial charge in [0.1, 0.15) is 4.83 Å². The number of hydrogen-bond donors (Lipinski definition) is 1. The number of H-pyrrole nitrogens is 1. The van der Waals surface area contributed by atoms with Crippen molar-refractivity contribution >= 4 is 33.8 Å². The average molecular weight is 280 g/mol. The zero-order valence-corrected chi connectivity index (χ0v) is 12.2. The van der Waals surface area contributed by atoms with Crippen LogP contribution in [0.25, 0.3) is 10.2 Å². The highest BCUT2D eigenvalue weighted by atomic mass is 32.1. The second-order valence-corrected chi connectivity index (χ2v) is 6.53. The van der Waals surface area contributed by atoms with Gasteiger partial charge in [0.25, 0.3) is 5.56 Å². The van der Waals surface area contributed by atoms with Gasteiger partial charge in [-0.15, -0.1) is 11.3 Å². The zero-order chi connectivity index (χ0) is 12.9. The molecule has 0 spiro atoms. The van der Waals surface area contributed by atoms with Crippen molar-refractivity contribution < 1.29 is 0 Å². The van der Waals surface area contributed by atoms with Gasteiger partial charge < -0.3 is 4.98 Å². The smallest absolute Gasteiger partial charge is 0.263 e. The van der Waals surface area contributed by atoms with E-state index < -0.39 is 0 Å². The highest BCUT2D eigenvalue weighted by Crippen LogP contribution is 2.35. The number of hydrogen-bond acceptors (Lipinski definition) is 3. The molecule has 1 N–H and O–H groups in total. The number of fused-ring (bicyclic) bond motifs is 3. The Balaban J connectivity index is 2.38. The Labute approximate surface area is 114 Å². The molecule has 0 radical (unpaired) electrons. The Hall–Kier alpha value is -0.940. The minimum atomic E-state index is 0.0864. The van der Waals surface area contributed by atoms with E-state index in [2.05, 4.69) is 11.9 Å². The Morgan fingerprint density at radius 3 is 3.06 bits per heavy atom. The number of nitrogens with zero attached hydrogens (tertiary/aromatic N) is 1. The van der Waals surface area contributed by atoms with Crippen LogP contribution in [-0.2, 0) is 19.4 Å². The predicted octanol–water partition coefficient (Wildman–Crippen LogP) is 3.27. The van der Waals surface area contributed by atoms with Crippen LogP contribution in [0.5, 0.6) is 0 Å². The quantitative estimate of drug-likeness (QED) is 0.814. The van der Waals surface area contributed by atoms with Crippen molar-refractivity contribution in [2.75, 3.05) is 0 Å². The highest BCUT2D eigenvalue weighted by molar-refractivity contribution is 7.71. The number of thiophene rings is 1. The fraction of sp³-hybridized carbons (Fsp3) is 0.538. The lowest BCUT2D eigenvalue weighted by Crippen LogP contribution is -2.22. The van der Waals surface area contributed by atoms with Crippen LogP contribution < -0.4 is 5.56 Å². The third-order valence-electron chi connectivity index (χ3n) is 3.75. The molecule has 2 aromatic heterocycles. The number of nitrogens with one attached hydrogen (secondary N) is 1. The van der Waals surface area contributed by atoms with E-state index in [1.807, 2.05) is 6.92 Å². The topological polar surface area (TPSA) is 37.8 Å². The molecule has 1 aliphatic carbocycles. The van der Waals surface area contributed by atoms with Gasteiger partial charge in [-0.05, 0) is 49.9 Å². The Morgan fingerprint density at radius 2 is 2.33 bits per heavy atom. The van der Waals surface area contributed by atoms with Gasteiger partial charge >= 0.3 is 0 Å². The van der Waals surface area contributed by atoms with Crippen molar-refractivity contribution in [1.29, 1.82) is 0 Å². The summed E-state index contributed by atoms with van der Waals surface area (Å²) in [6.45, 7) is 4.86. The van der Waals surface area contributed by atoms with Gasteiger partial charge in [0.15, 0.2) is 4.77 Å². The summed E-state index contributed by atoms with van der Waals surface area (Å²) in [5.74, 6) is 0.724. The SMILES string of the molecule is CCn1c(=S)[nH]c2sc3c(c2c1=O)CC[C@@H](C)C3.